The molecule has 7 nitrogen and oxygen atoms in total. The van der Waals surface area contributed by atoms with Gasteiger partial charge in [-0.25, -0.2) is 9.69 Å². The Bertz CT molecular complexity index is 1100. The van der Waals surface area contributed by atoms with Gasteiger partial charge in [-0.15, -0.1) is 0 Å². The van der Waals surface area contributed by atoms with Gasteiger partial charge in [0.2, 0.25) is 0 Å². The molecule has 0 radical (unpaired) electrons. The van der Waals surface area contributed by atoms with Crippen LogP contribution in [-0.2, 0) is 11.3 Å². The van der Waals surface area contributed by atoms with Gasteiger partial charge in [0.05, 0.1) is 36.2 Å². The second kappa shape index (κ2) is 9.85. The average molecular weight is 573 g/mol. The number of aliphatic hydroxyl groups is 1. The zero-order valence-electron chi connectivity index (χ0n) is 16.3. The zero-order valence-corrected chi connectivity index (χ0v) is 20.0. The molecule has 31 heavy (non-hydrogen) atoms. The fraction of sp³-hybridized carbons (Fsp3) is 0.238. The molecule has 162 valence electrons. The molecular weight excluding hydrogens is 554 g/mol. The number of hydrogen-bond acceptors (Lipinski definition) is 5. The molecule has 10 heteroatoms. The SMILES string of the molecule is O=C(NN1CCOCC1)c1nn(-c2ccc(Cl)cc2Cl)c(-c2ccc(I)cc2)c1CO. The standard InChI is InChI=1S/C21H19Cl2IN4O3/c22-14-3-6-18(17(23)11-14)28-20(13-1-4-15(24)5-2-13)16(12-29)19(25-28)21(30)26-27-7-9-31-10-8-27/h1-6,11,29H,7-10,12H2,(H,26,30). The number of nitrogens with one attached hydrogen (secondary N) is 1. The van der Waals surface area contributed by atoms with E-state index in [1.165, 1.54) is 0 Å². The van der Waals surface area contributed by atoms with E-state index in [1.807, 2.05) is 24.3 Å². The number of ether oxygens (including phenoxy) is 1. The summed E-state index contributed by atoms with van der Waals surface area (Å²) in [5.41, 5.74) is 5.35. The van der Waals surface area contributed by atoms with Crippen molar-refractivity contribution >= 4 is 51.7 Å². The van der Waals surface area contributed by atoms with E-state index < -0.39 is 5.91 Å². The van der Waals surface area contributed by atoms with E-state index in [-0.39, 0.29) is 12.3 Å². The smallest absolute Gasteiger partial charge is 0.286 e. The first-order chi connectivity index (χ1) is 15.0. The van der Waals surface area contributed by atoms with Crippen LogP contribution in [-0.4, -0.2) is 52.1 Å². The fourth-order valence-electron chi connectivity index (χ4n) is 3.39. The lowest BCUT2D eigenvalue weighted by molar-refractivity contribution is 0.0124. The molecule has 1 saturated heterocycles. The average Bonchev–Trinajstić information content (AvgIpc) is 3.14. The molecule has 0 unspecified atom stereocenters. The van der Waals surface area contributed by atoms with Gasteiger partial charge in [-0.05, 0) is 52.9 Å². The summed E-state index contributed by atoms with van der Waals surface area (Å²) in [6.07, 6.45) is 0. The highest BCUT2D eigenvalue weighted by Gasteiger charge is 2.26. The molecule has 1 amide bonds. The Morgan fingerprint density at radius 3 is 2.52 bits per heavy atom. The number of aliphatic hydroxyl groups excluding tert-OH is 1. The van der Waals surface area contributed by atoms with Crippen LogP contribution in [0, 0.1) is 3.57 Å². The molecule has 0 aliphatic carbocycles. The number of hydrazine groups is 1. The highest BCUT2D eigenvalue weighted by molar-refractivity contribution is 14.1. The van der Waals surface area contributed by atoms with Crippen LogP contribution in [0.5, 0.6) is 0 Å². The van der Waals surface area contributed by atoms with E-state index in [1.54, 1.807) is 27.9 Å². The highest BCUT2D eigenvalue weighted by atomic mass is 127. The van der Waals surface area contributed by atoms with E-state index in [2.05, 4.69) is 33.1 Å². The first-order valence-electron chi connectivity index (χ1n) is 9.55. The highest BCUT2D eigenvalue weighted by Crippen LogP contribution is 2.33. The van der Waals surface area contributed by atoms with Crippen LogP contribution in [0.3, 0.4) is 0 Å². The fourth-order valence-corrected chi connectivity index (χ4v) is 4.23. The van der Waals surface area contributed by atoms with Gasteiger partial charge in [-0.3, -0.25) is 10.2 Å². The summed E-state index contributed by atoms with van der Waals surface area (Å²) in [7, 11) is 0. The molecule has 0 bridgehead atoms. The number of rotatable bonds is 5. The molecule has 2 N–H and O–H groups in total. The van der Waals surface area contributed by atoms with Gasteiger partial charge in [-0.2, -0.15) is 5.10 Å². The van der Waals surface area contributed by atoms with Crippen molar-refractivity contribution in [3.8, 4) is 16.9 Å². The Labute approximate surface area is 203 Å². The van der Waals surface area contributed by atoms with Gasteiger partial charge in [0.15, 0.2) is 5.69 Å². The molecular formula is C21H19Cl2IN4O3. The molecule has 4 rings (SSSR count). The summed E-state index contributed by atoms with van der Waals surface area (Å²) in [6, 6.07) is 12.8. The van der Waals surface area contributed by atoms with E-state index in [0.29, 0.717) is 53.3 Å². The Hall–Kier alpha value is -1.69. The third-order valence-electron chi connectivity index (χ3n) is 4.88. The van der Waals surface area contributed by atoms with Crippen LogP contribution in [0.15, 0.2) is 42.5 Å². The first kappa shape index (κ1) is 22.5. The third-order valence-corrected chi connectivity index (χ3v) is 6.14. The molecule has 0 atom stereocenters. The van der Waals surface area contributed by atoms with Crippen LogP contribution in [0.1, 0.15) is 16.1 Å². The second-order valence-electron chi connectivity index (χ2n) is 6.89. The maximum Gasteiger partial charge on any atom is 0.286 e. The number of aromatic nitrogens is 2. The molecule has 1 aromatic heterocycles. The molecule has 2 aromatic carbocycles. The Kier molecular flexibility index (Phi) is 7.15. The van der Waals surface area contributed by atoms with Gasteiger partial charge in [0.1, 0.15) is 0 Å². The van der Waals surface area contributed by atoms with Crippen LogP contribution in [0.2, 0.25) is 10.0 Å². The zero-order chi connectivity index (χ0) is 22.0. The number of nitrogens with zero attached hydrogens (tertiary/aromatic N) is 3. The monoisotopic (exact) mass is 572 g/mol. The number of amides is 1. The minimum Gasteiger partial charge on any atom is -0.392 e. The number of benzene rings is 2. The van der Waals surface area contributed by atoms with Crippen molar-refractivity contribution in [1.82, 2.24) is 20.2 Å². The third kappa shape index (κ3) is 4.89. The van der Waals surface area contributed by atoms with E-state index >= 15 is 0 Å². The predicted octanol–water partition coefficient (Wildman–Crippen LogP) is 3.92. The summed E-state index contributed by atoms with van der Waals surface area (Å²) in [6.45, 7) is 1.87. The van der Waals surface area contributed by atoms with Crippen molar-refractivity contribution in [2.75, 3.05) is 26.3 Å². The number of morpholine rings is 1. The van der Waals surface area contributed by atoms with Crippen LogP contribution < -0.4 is 5.43 Å². The minimum atomic E-state index is -0.401. The second-order valence-corrected chi connectivity index (χ2v) is 8.98. The Morgan fingerprint density at radius 1 is 1.16 bits per heavy atom. The van der Waals surface area contributed by atoms with Gasteiger partial charge < -0.3 is 9.84 Å². The lowest BCUT2D eigenvalue weighted by Crippen LogP contribution is -2.48. The van der Waals surface area contributed by atoms with Crippen LogP contribution in [0.25, 0.3) is 16.9 Å². The molecule has 1 aliphatic heterocycles. The van der Waals surface area contributed by atoms with Crippen molar-refractivity contribution in [1.29, 1.82) is 0 Å². The Morgan fingerprint density at radius 2 is 1.87 bits per heavy atom. The predicted molar refractivity (Wildman–Crippen MR) is 128 cm³/mol. The first-order valence-corrected chi connectivity index (χ1v) is 11.4. The van der Waals surface area contributed by atoms with E-state index in [9.17, 15) is 9.90 Å². The molecule has 0 spiro atoms. The lowest BCUT2D eigenvalue weighted by Gasteiger charge is -2.26. The van der Waals surface area contributed by atoms with Crippen LogP contribution in [0.4, 0.5) is 0 Å². The Balaban J connectivity index is 1.84. The summed E-state index contributed by atoms with van der Waals surface area (Å²) in [5.74, 6) is -0.401. The van der Waals surface area contributed by atoms with Gasteiger partial charge in [-0.1, -0.05) is 35.3 Å². The van der Waals surface area contributed by atoms with Gasteiger partial charge in [0.25, 0.3) is 5.91 Å². The summed E-state index contributed by atoms with van der Waals surface area (Å²) in [4.78, 5) is 13.1. The minimum absolute atomic E-state index is 0.133. The number of carbonyl (C=O) groups excluding carboxylic acids is 1. The van der Waals surface area contributed by atoms with Crippen LogP contribution >= 0.6 is 45.8 Å². The molecule has 3 aromatic rings. The molecule has 1 fully saturated rings. The maximum absolute atomic E-state index is 13.1. The van der Waals surface area contributed by atoms with E-state index in [0.717, 1.165) is 9.13 Å². The normalized spacial score (nSPS) is 14.6. The quantitative estimate of drug-likeness (QED) is 0.453. The van der Waals surface area contributed by atoms with Crippen molar-refractivity contribution in [2.24, 2.45) is 0 Å². The van der Waals surface area contributed by atoms with Crippen molar-refractivity contribution < 1.29 is 14.6 Å². The molecule has 0 saturated carbocycles. The number of hydrogen-bond donors (Lipinski definition) is 2. The molecule has 2 heterocycles. The number of halogens is 3. The van der Waals surface area contributed by atoms with Crippen molar-refractivity contribution in [3.63, 3.8) is 0 Å². The van der Waals surface area contributed by atoms with Gasteiger partial charge in [0, 0.05) is 32.8 Å². The van der Waals surface area contributed by atoms with Crippen molar-refractivity contribution in [3.05, 3.63) is 67.3 Å². The van der Waals surface area contributed by atoms with E-state index in [4.69, 9.17) is 27.9 Å². The number of carbonyl (C=O) groups is 1. The lowest BCUT2D eigenvalue weighted by atomic mass is 10.1. The summed E-state index contributed by atoms with van der Waals surface area (Å²) >= 11 is 14.7. The van der Waals surface area contributed by atoms with Crippen molar-refractivity contribution in [2.45, 2.75) is 6.61 Å². The van der Waals surface area contributed by atoms with Gasteiger partial charge >= 0.3 is 0 Å². The maximum atomic E-state index is 13.1. The molecule has 1 aliphatic rings. The summed E-state index contributed by atoms with van der Waals surface area (Å²) < 4.78 is 7.97. The summed E-state index contributed by atoms with van der Waals surface area (Å²) in [5, 5.41) is 17.4. The largest absolute Gasteiger partial charge is 0.392 e. The topological polar surface area (TPSA) is 79.6 Å².